The second-order valence-electron chi connectivity index (χ2n) is 11.3. The molecule has 7 heteroatoms. The molecule has 1 unspecified atom stereocenters. The molecule has 0 aliphatic rings. The molecular formula is C31H58O7. The molecule has 0 aliphatic heterocycles. The second kappa shape index (κ2) is 22.2. The van der Waals surface area contributed by atoms with Crippen LogP contribution in [0.4, 0.5) is 0 Å². The van der Waals surface area contributed by atoms with E-state index in [0.717, 1.165) is 19.3 Å². The van der Waals surface area contributed by atoms with Crippen molar-refractivity contribution >= 4 is 17.9 Å². The zero-order valence-corrected chi connectivity index (χ0v) is 25.6. The van der Waals surface area contributed by atoms with E-state index in [-0.39, 0.29) is 12.7 Å². The molecule has 0 spiro atoms. The van der Waals surface area contributed by atoms with Crippen LogP contribution in [0.5, 0.6) is 0 Å². The molecule has 0 fully saturated rings. The van der Waals surface area contributed by atoms with Crippen LogP contribution in [0.15, 0.2) is 0 Å². The third kappa shape index (κ3) is 19.4. The van der Waals surface area contributed by atoms with Gasteiger partial charge in [0.1, 0.15) is 0 Å². The molecule has 224 valence electrons. The van der Waals surface area contributed by atoms with Gasteiger partial charge in [-0.15, -0.1) is 0 Å². The van der Waals surface area contributed by atoms with Gasteiger partial charge in [0, 0.05) is 0 Å². The lowest BCUT2D eigenvalue weighted by Gasteiger charge is -2.32. The first-order valence-electron chi connectivity index (χ1n) is 15.3. The maximum atomic E-state index is 13.0. The number of ether oxygens (including phenoxy) is 4. The van der Waals surface area contributed by atoms with Crippen LogP contribution in [0.2, 0.25) is 0 Å². The smallest absolute Gasteiger partial charge is 0.339 e. The third-order valence-corrected chi connectivity index (χ3v) is 6.16. The maximum absolute atomic E-state index is 13.0. The number of hydrogen-bond donors (Lipinski definition) is 0. The summed E-state index contributed by atoms with van der Waals surface area (Å²) in [5.41, 5.74) is -1.78. The average molecular weight is 543 g/mol. The molecule has 0 amide bonds. The van der Waals surface area contributed by atoms with Crippen LogP contribution in [0.25, 0.3) is 0 Å². The lowest BCUT2D eigenvalue weighted by atomic mass is 9.94. The Balaban J connectivity index is 4.44. The predicted molar refractivity (Wildman–Crippen MR) is 152 cm³/mol. The summed E-state index contributed by atoms with van der Waals surface area (Å²) in [5.74, 6) is -1.96. The van der Waals surface area contributed by atoms with Gasteiger partial charge >= 0.3 is 17.9 Å². The monoisotopic (exact) mass is 542 g/mol. The number of hydrogen-bond acceptors (Lipinski definition) is 7. The molecule has 0 bridgehead atoms. The molecule has 7 nitrogen and oxygen atoms in total. The van der Waals surface area contributed by atoms with Crippen LogP contribution >= 0.6 is 0 Å². The molecule has 38 heavy (non-hydrogen) atoms. The summed E-state index contributed by atoms with van der Waals surface area (Å²) in [6, 6.07) is 0. The summed E-state index contributed by atoms with van der Waals surface area (Å²) in [4.78, 5) is 38.2. The Morgan fingerprint density at radius 1 is 0.553 bits per heavy atom. The van der Waals surface area contributed by atoms with Crippen LogP contribution in [0.3, 0.4) is 0 Å². The van der Waals surface area contributed by atoms with E-state index >= 15 is 0 Å². The van der Waals surface area contributed by atoms with E-state index in [4.69, 9.17) is 18.9 Å². The molecule has 0 aromatic heterocycles. The Kier molecular flexibility index (Phi) is 21.3. The number of rotatable bonds is 24. The van der Waals surface area contributed by atoms with Crippen molar-refractivity contribution in [3.05, 3.63) is 0 Å². The van der Waals surface area contributed by atoms with Gasteiger partial charge in [-0.05, 0) is 48.0 Å². The fourth-order valence-corrected chi connectivity index (χ4v) is 4.42. The summed E-state index contributed by atoms with van der Waals surface area (Å²) >= 11 is 0. The van der Waals surface area contributed by atoms with E-state index < -0.39 is 48.6 Å². The van der Waals surface area contributed by atoms with Crippen molar-refractivity contribution in [1.29, 1.82) is 0 Å². The van der Waals surface area contributed by atoms with E-state index in [1.807, 2.05) is 0 Å². The summed E-state index contributed by atoms with van der Waals surface area (Å²) in [6.07, 6.45) is 15.5. The van der Waals surface area contributed by atoms with Gasteiger partial charge in [-0.3, -0.25) is 9.59 Å². The highest BCUT2D eigenvalue weighted by atomic mass is 16.6. The highest BCUT2D eigenvalue weighted by Crippen LogP contribution is 2.28. The summed E-state index contributed by atoms with van der Waals surface area (Å²) in [5, 5.41) is 0. The predicted octanol–water partition coefficient (Wildman–Crippen LogP) is 7.86. The SMILES string of the molecule is CCCCCCCCCCCCCCCCOC(=O)CC(CC(=O)OC(C)C)(OC(C)C)C(=O)OC(C)C. The third-order valence-electron chi connectivity index (χ3n) is 6.16. The minimum absolute atomic E-state index is 0.282. The van der Waals surface area contributed by atoms with Gasteiger partial charge in [-0.25, -0.2) is 4.79 Å². The number of esters is 3. The number of carbonyl (C=O) groups is 3. The minimum Gasteiger partial charge on any atom is -0.466 e. The van der Waals surface area contributed by atoms with Crippen molar-refractivity contribution in [3.8, 4) is 0 Å². The zero-order chi connectivity index (χ0) is 28.8. The van der Waals surface area contributed by atoms with Crippen molar-refractivity contribution in [3.63, 3.8) is 0 Å². The Bertz CT molecular complexity index is 630. The van der Waals surface area contributed by atoms with E-state index in [2.05, 4.69) is 6.92 Å². The Morgan fingerprint density at radius 2 is 0.974 bits per heavy atom. The normalized spacial score (nSPS) is 13.1. The summed E-state index contributed by atoms with van der Waals surface area (Å²) in [7, 11) is 0. The Hall–Kier alpha value is -1.63. The molecule has 0 aromatic rings. The van der Waals surface area contributed by atoms with Gasteiger partial charge in [-0.1, -0.05) is 90.4 Å². The molecule has 0 radical (unpaired) electrons. The molecular weight excluding hydrogens is 484 g/mol. The number of carbonyl (C=O) groups excluding carboxylic acids is 3. The van der Waals surface area contributed by atoms with E-state index in [1.165, 1.54) is 70.6 Å². The molecule has 0 heterocycles. The zero-order valence-electron chi connectivity index (χ0n) is 25.6. The largest absolute Gasteiger partial charge is 0.466 e. The van der Waals surface area contributed by atoms with Crippen LogP contribution < -0.4 is 0 Å². The first-order chi connectivity index (χ1) is 18.0. The van der Waals surface area contributed by atoms with E-state index in [0.29, 0.717) is 0 Å². The Morgan fingerprint density at radius 3 is 1.39 bits per heavy atom. The quantitative estimate of drug-likeness (QED) is 0.0697. The molecule has 0 aromatic carbocycles. The fourth-order valence-electron chi connectivity index (χ4n) is 4.42. The average Bonchev–Trinajstić information content (AvgIpc) is 2.80. The van der Waals surface area contributed by atoms with Crippen LogP contribution in [0.1, 0.15) is 151 Å². The maximum Gasteiger partial charge on any atom is 0.339 e. The van der Waals surface area contributed by atoms with Gasteiger partial charge in [-0.2, -0.15) is 0 Å². The van der Waals surface area contributed by atoms with Crippen LogP contribution in [0, 0.1) is 0 Å². The first-order valence-corrected chi connectivity index (χ1v) is 15.3. The van der Waals surface area contributed by atoms with Crippen molar-refractivity contribution < 1.29 is 33.3 Å². The topological polar surface area (TPSA) is 88.1 Å². The van der Waals surface area contributed by atoms with E-state index in [9.17, 15) is 14.4 Å². The molecule has 0 N–H and O–H groups in total. The lowest BCUT2D eigenvalue weighted by Crippen LogP contribution is -2.49. The molecule has 0 saturated heterocycles. The van der Waals surface area contributed by atoms with Crippen molar-refractivity contribution in [2.24, 2.45) is 0 Å². The van der Waals surface area contributed by atoms with Crippen LogP contribution in [-0.2, 0) is 33.3 Å². The van der Waals surface area contributed by atoms with Gasteiger partial charge in [0.15, 0.2) is 5.60 Å². The summed E-state index contributed by atoms with van der Waals surface area (Å²) in [6.45, 7) is 12.9. The van der Waals surface area contributed by atoms with Gasteiger partial charge in [0.2, 0.25) is 0 Å². The Labute approximate surface area is 233 Å². The fraction of sp³-hybridized carbons (Fsp3) is 0.903. The highest BCUT2D eigenvalue weighted by molar-refractivity contribution is 5.90. The van der Waals surface area contributed by atoms with E-state index in [1.54, 1.807) is 41.5 Å². The van der Waals surface area contributed by atoms with Crippen molar-refractivity contribution in [2.45, 2.75) is 175 Å². The van der Waals surface area contributed by atoms with Crippen molar-refractivity contribution in [2.75, 3.05) is 6.61 Å². The molecule has 0 rings (SSSR count). The van der Waals surface area contributed by atoms with Crippen molar-refractivity contribution in [1.82, 2.24) is 0 Å². The number of unbranched alkanes of at least 4 members (excludes halogenated alkanes) is 13. The van der Waals surface area contributed by atoms with Gasteiger partial charge < -0.3 is 18.9 Å². The first kappa shape index (κ1) is 36.4. The van der Waals surface area contributed by atoms with Gasteiger partial charge in [0.05, 0.1) is 37.8 Å². The molecule has 1 atom stereocenters. The standard InChI is InChI=1S/C31H58O7/c1-8-9-10-11-12-13-14-15-16-17-18-19-20-21-22-35-28(32)23-31(38-27(6)7,30(34)37-26(4)5)24-29(33)36-25(2)3/h25-27H,8-24H2,1-7H3. The molecule has 0 aliphatic carbocycles. The lowest BCUT2D eigenvalue weighted by molar-refractivity contribution is -0.194. The minimum atomic E-state index is -1.78. The highest BCUT2D eigenvalue weighted by Gasteiger charge is 2.47. The summed E-state index contributed by atoms with van der Waals surface area (Å²) < 4.78 is 21.9. The second-order valence-corrected chi connectivity index (χ2v) is 11.3. The van der Waals surface area contributed by atoms with Gasteiger partial charge in [0.25, 0.3) is 0 Å². The van der Waals surface area contributed by atoms with Crippen LogP contribution in [-0.4, -0.2) is 48.4 Å². The molecule has 0 saturated carbocycles.